The van der Waals surface area contributed by atoms with Crippen LogP contribution in [0.1, 0.15) is 0 Å². The lowest BCUT2D eigenvalue weighted by Crippen LogP contribution is -2.35. The Kier molecular flexibility index (Phi) is 3.65. The minimum atomic E-state index is -3.22. The van der Waals surface area contributed by atoms with Gasteiger partial charge in [0.1, 0.15) is 0 Å². The number of aromatic nitrogens is 2. The van der Waals surface area contributed by atoms with Crippen LogP contribution in [0.2, 0.25) is 0 Å². The summed E-state index contributed by atoms with van der Waals surface area (Å²) in [6.45, 7) is 0. The molecule has 2 N–H and O–H groups in total. The molecule has 0 aliphatic carbocycles. The molecule has 0 bridgehead atoms. The van der Waals surface area contributed by atoms with Crippen LogP contribution in [0.25, 0.3) is 11.1 Å². The zero-order chi connectivity index (χ0) is 14.0. The van der Waals surface area contributed by atoms with Crippen molar-refractivity contribution in [3.05, 3.63) is 36.7 Å². The average Bonchev–Trinajstić information content (AvgIpc) is 2.38. The third-order valence-electron chi connectivity index (χ3n) is 2.52. The Labute approximate surface area is 110 Å². The molecular formula is C11H11BN2O4S. The molecule has 1 aromatic heterocycles. The Bertz CT molecular complexity index is 669. The maximum Gasteiger partial charge on any atom is 0.528 e. The van der Waals surface area contributed by atoms with Crippen molar-refractivity contribution >= 4 is 22.7 Å². The number of nitrogens with zero attached hydrogens (tertiary/aromatic N) is 2. The summed E-state index contributed by atoms with van der Waals surface area (Å²) in [7, 11) is -4.92. The number of hydrogen-bond donors (Lipinski definition) is 2. The summed E-state index contributed by atoms with van der Waals surface area (Å²) in [5.74, 6) is 0. The third kappa shape index (κ3) is 3.17. The summed E-state index contributed by atoms with van der Waals surface area (Å²) >= 11 is 0. The zero-order valence-corrected chi connectivity index (χ0v) is 10.9. The molecule has 0 saturated heterocycles. The normalized spacial score (nSPS) is 11.3. The van der Waals surface area contributed by atoms with Crippen LogP contribution in [0.5, 0.6) is 0 Å². The van der Waals surface area contributed by atoms with Crippen LogP contribution in [0.3, 0.4) is 0 Å². The molecule has 2 rings (SSSR count). The largest absolute Gasteiger partial charge is 0.528 e. The maximum atomic E-state index is 11.3. The Hall–Kier alpha value is -1.77. The number of sulfone groups is 1. The smallest absolute Gasteiger partial charge is 0.421 e. The lowest BCUT2D eigenvalue weighted by molar-refractivity contribution is 0.422. The predicted octanol–water partition coefficient (Wildman–Crippen LogP) is -0.773. The fourth-order valence-corrected chi connectivity index (χ4v) is 2.15. The van der Waals surface area contributed by atoms with Crippen molar-refractivity contribution in [2.24, 2.45) is 0 Å². The topological polar surface area (TPSA) is 100 Å². The van der Waals surface area contributed by atoms with Gasteiger partial charge in [0.25, 0.3) is 0 Å². The van der Waals surface area contributed by atoms with Gasteiger partial charge in [-0.25, -0.2) is 18.4 Å². The van der Waals surface area contributed by atoms with Crippen LogP contribution in [-0.2, 0) is 9.84 Å². The summed E-state index contributed by atoms with van der Waals surface area (Å²) < 4.78 is 22.6. The van der Waals surface area contributed by atoms with Gasteiger partial charge in [0, 0.05) is 24.2 Å². The lowest BCUT2D eigenvalue weighted by atomic mass is 9.90. The molecular weight excluding hydrogens is 267 g/mol. The van der Waals surface area contributed by atoms with Crippen molar-refractivity contribution in [1.29, 1.82) is 0 Å². The predicted molar refractivity (Wildman–Crippen MR) is 70.4 cm³/mol. The first-order valence-electron chi connectivity index (χ1n) is 5.36. The first kappa shape index (κ1) is 13.7. The molecule has 0 aliphatic rings. The van der Waals surface area contributed by atoms with Crippen LogP contribution in [0.4, 0.5) is 0 Å². The van der Waals surface area contributed by atoms with E-state index in [0.717, 1.165) is 11.8 Å². The second kappa shape index (κ2) is 5.08. The Morgan fingerprint density at radius 1 is 1.00 bits per heavy atom. The molecule has 1 heterocycles. The van der Waals surface area contributed by atoms with E-state index in [2.05, 4.69) is 9.97 Å². The number of benzene rings is 1. The minimum absolute atomic E-state index is 0.0866. The summed E-state index contributed by atoms with van der Waals surface area (Å²) in [6.07, 6.45) is 4.02. The molecule has 98 valence electrons. The van der Waals surface area contributed by atoms with E-state index in [9.17, 15) is 8.42 Å². The van der Waals surface area contributed by atoms with Gasteiger partial charge in [-0.3, -0.25) is 0 Å². The highest BCUT2D eigenvalue weighted by molar-refractivity contribution is 7.90. The summed E-state index contributed by atoms with van der Waals surface area (Å²) in [5.41, 5.74) is 1.31. The van der Waals surface area contributed by atoms with Crippen molar-refractivity contribution in [1.82, 2.24) is 9.97 Å². The van der Waals surface area contributed by atoms with E-state index < -0.39 is 17.0 Å². The van der Waals surface area contributed by atoms with Gasteiger partial charge in [-0.2, -0.15) is 0 Å². The average molecular weight is 278 g/mol. The van der Waals surface area contributed by atoms with Crippen LogP contribution >= 0.6 is 0 Å². The Morgan fingerprint density at radius 3 is 1.95 bits per heavy atom. The van der Waals surface area contributed by atoms with Gasteiger partial charge in [0.2, 0.25) is 0 Å². The van der Waals surface area contributed by atoms with E-state index in [1.54, 1.807) is 12.1 Å². The van der Waals surface area contributed by atoms with Crippen molar-refractivity contribution < 1.29 is 18.5 Å². The van der Waals surface area contributed by atoms with E-state index in [1.807, 2.05) is 0 Å². The monoisotopic (exact) mass is 278 g/mol. The molecule has 8 heteroatoms. The van der Waals surface area contributed by atoms with Crippen LogP contribution < -0.4 is 5.72 Å². The molecule has 0 atom stereocenters. The van der Waals surface area contributed by atoms with E-state index in [0.29, 0.717) is 5.56 Å². The van der Waals surface area contributed by atoms with Crippen molar-refractivity contribution in [3.8, 4) is 11.1 Å². The highest BCUT2D eigenvalue weighted by Gasteiger charge is 2.14. The summed E-state index contributed by atoms with van der Waals surface area (Å²) in [6, 6.07) is 6.28. The zero-order valence-electron chi connectivity index (χ0n) is 10.1. The first-order valence-corrected chi connectivity index (χ1v) is 7.25. The highest BCUT2D eigenvalue weighted by atomic mass is 32.2. The van der Waals surface area contributed by atoms with Crippen molar-refractivity contribution in [2.75, 3.05) is 6.26 Å². The number of hydrogen-bond acceptors (Lipinski definition) is 6. The van der Waals surface area contributed by atoms with E-state index in [-0.39, 0.29) is 10.6 Å². The van der Waals surface area contributed by atoms with Gasteiger partial charge in [-0.15, -0.1) is 0 Å². The first-order chi connectivity index (χ1) is 8.88. The molecule has 19 heavy (non-hydrogen) atoms. The van der Waals surface area contributed by atoms with Gasteiger partial charge in [0.05, 0.1) is 4.90 Å². The second-order valence-corrected chi connectivity index (χ2v) is 6.02. The summed E-state index contributed by atoms with van der Waals surface area (Å²) in [4.78, 5) is 7.83. The minimum Gasteiger partial charge on any atom is -0.421 e. The molecule has 0 spiro atoms. The fourth-order valence-electron chi connectivity index (χ4n) is 1.52. The van der Waals surface area contributed by atoms with Crippen LogP contribution in [0, 0.1) is 0 Å². The molecule has 0 saturated carbocycles. The van der Waals surface area contributed by atoms with Gasteiger partial charge in [-0.1, -0.05) is 12.1 Å². The molecule has 0 amide bonds. The third-order valence-corrected chi connectivity index (χ3v) is 3.65. The summed E-state index contributed by atoms with van der Waals surface area (Å²) in [5, 5.41) is 17.7. The van der Waals surface area contributed by atoms with Gasteiger partial charge >= 0.3 is 7.12 Å². The highest BCUT2D eigenvalue weighted by Crippen LogP contribution is 2.19. The van der Waals surface area contributed by atoms with E-state index in [1.165, 1.54) is 24.5 Å². The van der Waals surface area contributed by atoms with Gasteiger partial charge < -0.3 is 10.0 Å². The number of rotatable bonds is 3. The molecule has 6 nitrogen and oxygen atoms in total. The second-order valence-electron chi connectivity index (χ2n) is 4.00. The standard InChI is InChI=1S/C11H11BN2O4S/c1-19(17,18)10-4-2-8(3-5-10)9-6-13-11(12(15)16)14-7-9/h2-7,15-16H,1H3. The molecule has 0 fully saturated rings. The molecule has 0 unspecified atom stereocenters. The van der Waals surface area contributed by atoms with E-state index >= 15 is 0 Å². The quantitative estimate of drug-likeness (QED) is 0.715. The SMILES string of the molecule is CS(=O)(=O)c1ccc(-c2cnc(B(O)O)nc2)cc1. The molecule has 2 aromatic rings. The van der Waals surface area contributed by atoms with Crippen molar-refractivity contribution in [2.45, 2.75) is 4.90 Å². The Balaban J connectivity index is 2.32. The molecule has 1 aromatic carbocycles. The maximum absolute atomic E-state index is 11.3. The molecule has 0 radical (unpaired) electrons. The Morgan fingerprint density at radius 2 is 1.53 bits per heavy atom. The lowest BCUT2D eigenvalue weighted by Gasteiger charge is -2.03. The van der Waals surface area contributed by atoms with Crippen molar-refractivity contribution in [3.63, 3.8) is 0 Å². The van der Waals surface area contributed by atoms with Gasteiger partial charge in [-0.05, 0) is 17.7 Å². The van der Waals surface area contributed by atoms with Crippen LogP contribution in [0.15, 0.2) is 41.6 Å². The van der Waals surface area contributed by atoms with Crippen LogP contribution in [-0.4, -0.2) is 41.8 Å². The fraction of sp³-hybridized carbons (Fsp3) is 0.0909. The molecule has 0 aliphatic heterocycles. The van der Waals surface area contributed by atoms with Gasteiger partial charge in [0.15, 0.2) is 15.6 Å². The van der Waals surface area contributed by atoms with E-state index in [4.69, 9.17) is 10.0 Å².